The lowest BCUT2D eigenvalue weighted by Gasteiger charge is -2.13. The molecular weight excluding hydrogens is 326 g/mol. The van der Waals surface area contributed by atoms with Gasteiger partial charge in [-0.25, -0.2) is 4.98 Å². The molecule has 3 rings (SSSR count). The Balaban J connectivity index is 1.85. The first kappa shape index (κ1) is 18.0. The average molecular weight is 351 g/mol. The second kappa shape index (κ2) is 9.06. The molecule has 1 aromatic heterocycles. The summed E-state index contributed by atoms with van der Waals surface area (Å²) in [6.45, 7) is 4.53. The molecule has 0 saturated carbocycles. The summed E-state index contributed by atoms with van der Waals surface area (Å²) in [7, 11) is 0. The molecule has 0 aliphatic heterocycles. The van der Waals surface area contributed by atoms with Crippen molar-refractivity contribution in [3.05, 3.63) is 60.2 Å². The van der Waals surface area contributed by atoms with Crippen molar-refractivity contribution in [2.75, 3.05) is 25.0 Å². The summed E-state index contributed by atoms with van der Waals surface area (Å²) in [5.41, 5.74) is 8.52. The number of aromatic nitrogens is 1. The summed E-state index contributed by atoms with van der Waals surface area (Å²) in [6, 6.07) is 18.0. The molecule has 3 N–H and O–H groups in total. The Bertz CT molecular complexity index is 837. The van der Waals surface area contributed by atoms with E-state index in [2.05, 4.69) is 5.32 Å². The van der Waals surface area contributed by atoms with Crippen molar-refractivity contribution >= 4 is 16.6 Å². The molecular formula is C21H25N3O2. The number of hydrogen-bond donors (Lipinski definition) is 2. The summed E-state index contributed by atoms with van der Waals surface area (Å²) >= 11 is 0. The molecule has 0 spiro atoms. The first-order chi connectivity index (χ1) is 12.8. The van der Waals surface area contributed by atoms with Gasteiger partial charge in [0.1, 0.15) is 12.4 Å². The first-order valence-electron chi connectivity index (χ1n) is 8.98. The third-order valence-electron chi connectivity index (χ3n) is 3.98. The van der Waals surface area contributed by atoms with Crippen LogP contribution in [0.15, 0.2) is 54.6 Å². The van der Waals surface area contributed by atoms with Gasteiger partial charge in [-0.15, -0.1) is 0 Å². The van der Waals surface area contributed by atoms with Gasteiger partial charge in [0, 0.05) is 24.1 Å². The predicted octanol–water partition coefficient (Wildman–Crippen LogP) is 3.97. The van der Waals surface area contributed by atoms with Crippen LogP contribution in [0.4, 0.5) is 5.69 Å². The second-order valence-corrected chi connectivity index (χ2v) is 5.97. The minimum Gasteiger partial charge on any atom is -0.494 e. The molecule has 0 bridgehead atoms. The number of nitrogens with zero attached hydrogens (tertiary/aromatic N) is 1. The van der Waals surface area contributed by atoms with Crippen LogP contribution < -0.4 is 20.5 Å². The zero-order valence-corrected chi connectivity index (χ0v) is 15.1. The van der Waals surface area contributed by atoms with Crippen LogP contribution in [0, 0.1) is 0 Å². The van der Waals surface area contributed by atoms with Crippen molar-refractivity contribution in [1.82, 2.24) is 4.98 Å². The van der Waals surface area contributed by atoms with Gasteiger partial charge in [0.15, 0.2) is 0 Å². The Morgan fingerprint density at radius 2 is 1.88 bits per heavy atom. The summed E-state index contributed by atoms with van der Waals surface area (Å²) in [6.07, 6.45) is 0.893. The lowest BCUT2D eigenvalue weighted by Crippen LogP contribution is -2.09. The molecule has 136 valence electrons. The van der Waals surface area contributed by atoms with Gasteiger partial charge in [0.2, 0.25) is 5.88 Å². The van der Waals surface area contributed by atoms with E-state index in [1.54, 1.807) is 0 Å². The normalized spacial score (nSPS) is 10.7. The molecule has 0 aliphatic carbocycles. The quantitative estimate of drug-likeness (QED) is 0.571. The molecule has 0 aliphatic rings. The van der Waals surface area contributed by atoms with Gasteiger partial charge in [-0.3, -0.25) is 0 Å². The van der Waals surface area contributed by atoms with Crippen LogP contribution in [0.25, 0.3) is 10.9 Å². The van der Waals surface area contributed by atoms with Crippen LogP contribution >= 0.6 is 0 Å². The van der Waals surface area contributed by atoms with Crippen molar-refractivity contribution < 1.29 is 9.47 Å². The molecule has 1 heterocycles. The molecule has 0 amide bonds. The van der Waals surface area contributed by atoms with E-state index in [-0.39, 0.29) is 0 Å². The molecule has 2 aromatic carbocycles. The SMILES string of the molecule is CCOc1cc(NCCCN)c2nc(OCc3ccccc3)ccc2c1. The number of ether oxygens (including phenoxy) is 2. The van der Waals surface area contributed by atoms with Crippen LogP contribution in [0.3, 0.4) is 0 Å². The Morgan fingerprint density at radius 1 is 1.04 bits per heavy atom. The van der Waals surface area contributed by atoms with Gasteiger partial charge in [-0.05, 0) is 37.6 Å². The van der Waals surface area contributed by atoms with E-state index in [9.17, 15) is 0 Å². The van der Waals surface area contributed by atoms with Gasteiger partial charge in [0.25, 0.3) is 0 Å². The molecule has 5 heteroatoms. The number of hydrogen-bond acceptors (Lipinski definition) is 5. The lowest BCUT2D eigenvalue weighted by atomic mass is 10.1. The number of anilines is 1. The number of nitrogens with two attached hydrogens (primary N) is 1. The Labute approximate surface area is 154 Å². The molecule has 0 saturated heterocycles. The smallest absolute Gasteiger partial charge is 0.214 e. The maximum Gasteiger partial charge on any atom is 0.214 e. The molecule has 0 atom stereocenters. The van der Waals surface area contributed by atoms with Gasteiger partial charge in [-0.1, -0.05) is 30.3 Å². The Hall–Kier alpha value is -2.79. The van der Waals surface area contributed by atoms with E-state index >= 15 is 0 Å². The highest BCUT2D eigenvalue weighted by molar-refractivity contribution is 5.92. The fourth-order valence-electron chi connectivity index (χ4n) is 2.71. The molecule has 5 nitrogen and oxygen atoms in total. The number of fused-ring (bicyclic) bond motifs is 1. The predicted molar refractivity (Wildman–Crippen MR) is 106 cm³/mol. The molecule has 0 fully saturated rings. The fraction of sp³-hybridized carbons (Fsp3) is 0.286. The number of pyridine rings is 1. The summed E-state index contributed by atoms with van der Waals surface area (Å²) in [5, 5.41) is 4.42. The molecule has 0 radical (unpaired) electrons. The standard InChI is InChI=1S/C21H25N3O2/c1-2-25-18-13-17-9-10-20(26-15-16-7-4-3-5-8-16)24-21(17)19(14-18)23-12-6-11-22/h3-5,7-10,13-14,23H,2,6,11-12,15,22H2,1H3. The van der Waals surface area contributed by atoms with Gasteiger partial charge in [-0.2, -0.15) is 0 Å². The summed E-state index contributed by atoms with van der Waals surface area (Å²) in [4.78, 5) is 4.70. The molecule has 26 heavy (non-hydrogen) atoms. The third kappa shape index (κ3) is 4.64. The first-order valence-corrected chi connectivity index (χ1v) is 8.98. The van der Waals surface area contributed by atoms with Gasteiger partial charge in [0.05, 0.1) is 17.8 Å². The maximum absolute atomic E-state index is 5.87. The van der Waals surface area contributed by atoms with Crippen LogP contribution in [0.1, 0.15) is 18.9 Å². The third-order valence-corrected chi connectivity index (χ3v) is 3.98. The van der Waals surface area contributed by atoms with E-state index in [1.165, 1.54) is 0 Å². The monoisotopic (exact) mass is 351 g/mol. The van der Waals surface area contributed by atoms with Crippen molar-refractivity contribution in [3.63, 3.8) is 0 Å². The maximum atomic E-state index is 5.87. The van der Waals surface area contributed by atoms with E-state index in [1.807, 2.05) is 61.5 Å². The highest BCUT2D eigenvalue weighted by Gasteiger charge is 2.08. The largest absolute Gasteiger partial charge is 0.494 e. The second-order valence-electron chi connectivity index (χ2n) is 5.97. The zero-order valence-electron chi connectivity index (χ0n) is 15.1. The number of nitrogens with one attached hydrogen (secondary N) is 1. The minimum atomic E-state index is 0.492. The van der Waals surface area contributed by atoms with Gasteiger partial charge < -0.3 is 20.5 Å². The van der Waals surface area contributed by atoms with E-state index in [4.69, 9.17) is 20.2 Å². The number of rotatable bonds is 9. The van der Waals surface area contributed by atoms with E-state index in [0.29, 0.717) is 25.6 Å². The zero-order chi connectivity index (χ0) is 18.2. The summed E-state index contributed by atoms with van der Waals surface area (Å²) < 4.78 is 11.5. The summed E-state index contributed by atoms with van der Waals surface area (Å²) in [5.74, 6) is 1.43. The minimum absolute atomic E-state index is 0.492. The lowest BCUT2D eigenvalue weighted by molar-refractivity contribution is 0.295. The number of benzene rings is 2. The highest BCUT2D eigenvalue weighted by Crippen LogP contribution is 2.30. The van der Waals surface area contributed by atoms with Crippen LogP contribution in [0.5, 0.6) is 11.6 Å². The van der Waals surface area contributed by atoms with Crippen molar-refractivity contribution in [1.29, 1.82) is 0 Å². The van der Waals surface area contributed by atoms with Gasteiger partial charge >= 0.3 is 0 Å². The van der Waals surface area contributed by atoms with Crippen molar-refractivity contribution in [2.45, 2.75) is 20.0 Å². The van der Waals surface area contributed by atoms with Crippen LogP contribution in [-0.4, -0.2) is 24.7 Å². The van der Waals surface area contributed by atoms with Crippen LogP contribution in [0.2, 0.25) is 0 Å². The molecule has 3 aromatic rings. The Kier molecular flexibility index (Phi) is 6.28. The van der Waals surface area contributed by atoms with Crippen molar-refractivity contribution in [3.8, 4) is 11.6 Å². The van der Waals surface area contributed by atoms with E-state index < -0.39 is 0 Å². The topological polar surface area (TPSA) is 69.4 Å². The van der Waals surface area contributed by atoms with E-state index in [0.717, 1.165) is 40.9 Å². The molecule has 0 unspecified atom stereocenters. The average Bonchev–Trinajstić information content (AvgIpc) is 2.68. The highest BCUT2D eigenvalue weighted by atomic mass is 16.5. The van der Waals surface area contributed by atoms with Crippen molar-refractivity contribution in [2.24, 2.45) is 5.73 Å². The fourth-order valence-corrected chi connectivity index (χ4v) is 2.71. The Morgan fingerprint density at radius 3 is 2.65 bits per heavy atom. The van der Waals surface area contributed by atoms with Crippen LogP contribution in [-0.2, 0) is 6.61 Å².